The van der Waals surface area contributed by atoms with Gasteiger partial charge in [-0.3, -0.25) is 14.6 Å². The Labute approximate surface area is 210 Å². The average Bonchev–Trinajstić information content (AvgIpc) is 3.30. The number of fused-ring (bicyclic) bond motifs is 1. The van der Waals surface area contributed by atoms with Gasteiger partial charge in [0.1, 0.15) is 0 Å². The molecule has 7 heteroatoms. The van der Waals surface area contributed by atoms with Crippen molar-refractivity contribution in [1.29, 1.82) is 0 Å². The van der Waals surface area contributed by atoms with Gasteiger partial charge in [-0.05, 0) is 73.2 Å². The van der Waals surface area contributed by atoms with Crippen LogP contribution < -0.4 is 10.2 Å². The summed E-state index contributed by atoms with van der Waals surface area (Å²) in [5, 5.41) is 3.55. The summed E-state index contributed by atoms with van der Waals surface area (Å²) < 4.78 is 0. The molecule has 1 N–H and O–H groups in total. The summed E-state index contributed by atoms with van der Waals surface area (Å²) in [5.41, 5.74) is 4.52. The molecule has 35 heavy (non-hydrogen) atoms. The summed E-state index contributed by atoms with van der Waals surface area (Å²) in [6, 6.07) is 17.1. The fourth-order valence-electron chi connectivity index (χ4n) is 5.20. The van der Waals surface area contributed by atoms with Crippen molar-refractivity contribution in [2.45, 2.75) is 37.8 Å². The van der Waals surface area contributed by atoms with Crippen LogP contribution in [0.1, 0.15) is 57.1 Å². The molecule has 1 fully saturated rings. The molecule has 5 rings (SSSR count). The van der Waals surface area contributed by atoms with Gasteiger partial charge in [0.05, 0.1) is 16.6 Å². The summed E-state index contributed by atoms with van der Waals surface area (Å²) >= 11 is 6.21. The summed E-state index contributed by atoms with van der Waals surface area (Å²) in [6.07, 6.45) is 7.16. The van der Waals surface area contributed by atoms with Crippen LogP contribution in [0.2, 0.25) is 5.02 Å². The number of pyridine rings is 1. The Morgan fingerprint density at radius 2 is 1.77 bits per heavy atom. The number of nitrogens with one attached hydrogen (secondary N) is 1. The molecular weight excluding hydrogens is 460 g/mol. The minimum absolute atomic E-state index is 0.0261. The Kier molecular flexibility index (Phi) is 6.73. The highest BCUT2D eigenvalue weighted by Gasteiger charge is 2.29. The Morgan fingerprint density at radius 1 is 1.03 bits per heavy atom. The van der Waals surface area contributed by atoms with E-state index in [0.29, 0.717) is 16.1 Å². The van der Waals surface area contributed by atoms with E-state index in [1.54, 1.807) is 24.3 Å². The van der Waals surface area contributed by atoms with Crippen LogP contribution in [0.15, 0.2) is 67.0 Å². The van der Waals surface area contributed by atoms with Crippen molar-refractivity contribution in [1.82, 2.24) is 15.2 Å². The van der Waals surface area contributed by atoms with Crippen LogP contribution in [-0.4, -0.2) is 47.9 Å². The standard InChI is InChI=1S/C28H29ClN4O2/c1-32(21-12-16-33(17-13-21)22-10-14-30-15-11-22)28(35)20-7-6-19-8-9-26(24(19)18-20)31-27(34)23-4-2-3-5-25(23)29/h2-7,10-11,14-15,18,21,26H,8-9,12-13,16-17H2,1H3,(H,31,34)/t26-/m1/s1. The Balaban J connectivity index is 1.25. The smallest absolute Gasteiger partial charge is 0.253 e. The lowest BCUT2D eigenvalue weighted by Gasteiger charge is -2.38. The van der Waals surface area contributed by atoms with E-state index in [9.17, 15) is 9.59 Å². The van der Waals surface area contributed by atoms with Gasteiger partial charge in [0.15, 0.2) is 0 Å². The molecule has 0 unspecified atom stereocenters. The third-order valence-electron chi connectivity index (χ3n) is 7.25. The number of rotatable bonds is 5. The molecule has 1 atom stereocenters. The monoisotopic (exact) mass is 488 g/mol. The zero-order valence-corrected chi connectivity index (χ0v) is 20.5. The minimum Gasteiger partial charge on any atom is -0.371 e. The number of hydrogen-bond acceptors (Lipinski definition) is 4. The molecule has 2 aliphatic rings. The molecule has 2 heterocycles. The number of benzene rings is 2. The normalized spacial score (nSPS) is 17.7. The van der Waals surface area contributed by atoms with Crippen LogP contribution >= 0.6 is 11.6 Å². The first-order valence-electron chi connectivity index (χ1n) is 12.1. The van der Waals surface area contributed by atoms with Crippen molar-refractivity contribution >= 4 is 29.1 Å². The molecule has 0 spiro atoms. The molecule has 0 radical (unpaired) electrons. The highest BCUT2D eigenvalue weighted by atomic mass is 35.5. The van der Waals surface area contributed by atoms with Crippen LogP contribution in [-0.2, 0) is 6.42 Å². The zero-order chi connectivity index (χ0) is 24.4. The third kappa shape index (κ3) is 4.89. The lowest BCUT2D eigenvalue weighted by atomic mass is 10.00. The van der Waals surface area contributed by atoms with Crippen molar-refractivity contribution in [2.24, 2.45) is 0 Å². The van der Waals surface area contributed by atoms with Gasteiger partial charge >= 0.3 is 0 Å². The van der Waals surface area contributed by atoms with Gasteiger partial charge in [0, 0.05) is 49.8 Å². The van der Waals surface area contributed by atoms with Crippen molar-refractivity contribution in [3.8, 4) is 0 Å². The lowest BCUT2D eigenvalue weighted by Crippen LogP contribution is -2.45. The maximum Gasteiger partial charge on any atom is 0.253 e. The first-order valence-corrected chi connectivity index (χ1v) is 12.5. The number of carbonyl (C=O) groups is 2. The Hall–Kier alpha value is -3.38. The molecular formula is C28H29ClN4O2. The third-order valence-corrected chi connectivity index (χ3v) is 7.58. The van der Waals surface area contributed by atoms with Gasteiger partial charge < -0.3 is 15.1 Å². The summed E-state index contributed by atoms with van der Waals surface area (Å²) in [6.45, 7) is 1.82. The number of nitrogens with zero attached hydrogens (tertiary/aromatic N) is 3. The van der Waals surface area contributed by atoms with E-state index < -0.39 is 0 Å². The molecule has 1 aromatic heterocycles. The number of hydrogen-bond donors (Lipinski definition) is 1. The number of aryl methyl sites for hydroxylation is 1. The van der Waals surface area contributed by atoms with Gasteiger partial charge in [-0.1, -0.05) is 29.8 Å². The fourth-order valence-corrected chi connectivity index (χ4v) is 5.42. The summed E-state index contributed by atoms with van der Waals surface area (Å²) in [7, 11) is 1.90. The molecule has 0 saturated carbocycles. The van der Waals surface area contributed by atoms with Gasteiger partial charge in [0.2, 0.25) is 0 Å². The van der Waals surface area contributed by atoms with Crippen molar-refractivity contribution in [3.05, 3.63) is 94.3 Å². The quantitative estimate of drug-likeness (QED) is 0.555. The van der Waals surface area contributed by atoms with E-state index in [1.807, 2.05) is 54.7 Å². The van der Waals surface area contributed by atoms with E-state index >= 15 is 0 Å². The SMILES string of the molecule is CN(C(=O)c1ccc2c(c1)[C@H](NC(=O)c1ccccc1Cl)CC2)C1CCN(c2ccncc2)CC1. The van der Waals surface area contributed by atoms with Gasteiger partial charge in [-0.15, -0.1) is 0 Å². The number of carbonyl (C=O) groups excluding carboxylic acids is 2. The fraction of sp³-hybridized carbons (Fsp3) is 0.321. The number of halogens is 1. The molecule has 1 aliphatic heterocycles. The largest absolute Gasteiger partial charge is 0.371 e. The first kappa shape index (κ1) is 23.4. The molecule has 0 bridgehead atoms. The van der Waals surface area contributed by atoms with Crippen molar-refractivity contribution in [2.75, 3.05) is 25.0 Å². The van der Waals surface area contributed by atoms with E-state index in [0.717, 1.165) is 44.3 Å². The minimum atomic E-state index is -0.191. The van der Waals surface area contributed by atoms with Crippen molar-refractivity contribution < 1.29 is 9.59 Å². The second-order valence-electron chi connectivity index (χ2n) is 9.30. The first-order chi connectivity index (χ1) is 17.0. The summed E-state index contributed by atoms with van der Waals surface area (Å²) in [4.78, 5) is 34.5. The number of anilines is 1. The van der Waals surface area contributed by atoms with E-state index in [-0.39, 0.29) is 23.9 Å². The lowest BCUT2D eigenvalue weighted by molar-refractivity contribution is 0.0709. The Bertz CT molecular complexity index is 1220. The molecule has 1 saturated heterocycles. The van der Waals surface area contributed by atoms with E-state index in [4.69, 9.17) is 11.6 Å². The molecule has 2 amide bonds. The Morgan fingerprint density at radius 3 is 2.51 bits per heavy atom. The second kappa shape index (κ2) is 10.1. The van der Waals surface area contributed by atoms with Gasteiger partial charge in [-0.25, -0.2) is 0 Å². The number of amides is 2. The second-order valence-corrected chi connectivity index (χ2v) is 9.71. The van der Waals surface area contributed by atoms with Crippen LogP contribution in [0.5, 0.6) is 0 Å². The number of piperidine rings is 1. The molecule has 6 nitrogen and oxygen atoms in total. The maximum atomic E-state index is 13.4. The number of aromatic nitrogens is 1. The van der Waals surface area contributed by atoms with Gasteiger partial charge in [0.25, 0.3) is 11.8 Å². The van der Waals surface area contributed by atoms with E-state index in [1.165, 1.54) is 11.3 Å². The molecule has 3 aromatic rings. The molecule has 180 valence electrons. The van der Waals surface area contributed by atoms with Crippen LogP contribution in [0.4, 0.5) is 5.69 Å². The van der Waals surface area contributed by atoms with Crippen molar-refractivity contribution in [3.63, 3.8) is 0 Å². The maximum absolute atomic E-state index is 13.4. The van der Waals surface area contributed by atoms with Crippen LogP contribution in [0, 0.1) is 0 Å². The summed E-state index contributed by atoms with van der Waals surface area (Å²) in [5.74, 6) is -0.165. The predicted octanol–water partition coefficient (Wildman–Crippen LogP) is 4.89. The zero-order valence-electron chi connectivity index (χ0n) is 19.8. The molecule has 2 aromatic carbocycles. The predicted molar refractivity (Wildman–Crippen MR) is 138 cm³/mol. The molecule has 1 aliphatic carbocycles. The highest BCUT2D eigenvalue weighted by Crippen LogP contribution is 2.33. The highest BCUT2D eigenvalue weighted by molar-refractivity contribution is 6.33. The van der Waals surface area contributed by atoms with Gasteiger partial charge in [-0.2, -0.15) is 0 Å². The topological polar surface area (TPSA) is 65.5 Å². The average molecular weight is 489 g/mol. The van der Waals surface area contributed by atoms with Crippen LogP contribution in [0.3, 0.4) is 0 Å². The van der Waals surface area contributed by atoms with E-state index in [2.05, 4.69) is 15.2 Å². The van der Waals surface area contributed by atoms with Crippen LogP contribution in [0.25, 0.3) is 0 Å².